The SMILES string of the molecule is C/C=C/c1cc(F)c(C2CCc3c(ccc(F)c3F)C2)c(F)c1. The fourth-order valence-corrected chi connectivity index (χ4v) is 3.31. The van der Waals surface area contributed by atoms with Crippen molar-refractivity contribution in [1.29, 1.82) is 0 Å². The van der Waals surface area contributed by atoms with Crippen molar-refractivity contribution in [2.45, 2.75) is 32.1 Å². The van der Waals surface area contributed by atoms with Crippen molar-refractivity contribution in [3.63, 3.8) is 0 Å². The second kappa shape index (κ2) is 6.19. The third-order valence-corrected chi connectivity index (χ3v) is 4.37. The molecule has 0 nitrogen and oxygen atoms in total. The Hall–Kier alpha value is -2.10. The van der Waals surface area contributed by atoms with Gasteiger partial charge in [0.2, 0.25) is 0 Å². The summed E-state index contributed by atoms with van der Waals surface area (Å²) < 4.78 is 55.7. The largest absolute Gasteiger partial charge is 0.207 e. The molecule has 0 spiro atoms. The minimum atomic E-state index is -0.879. The summed E-state index contributed by atoms with van der Waals surface area (Å²) in [6.45, 7) is 1.77. The molecule has 0 amide bonds. The Morgan fingerprint density at radius 3 is 2.35 bits per heavy atom. The lowest BCUT2D eigenvalue weighted by atomic mass is 9.79. The van der Waals surface area contributed by atoms with Gasteiger partial charge in [0, 0.05) is 5.56 Å². The smallest absolute Gasteiger partial charge is 0.162 e. The Morgan fingerprint density at radius 1 is 1.00 bits per heavy atom. The van der Waals surface area contributed by atoms with Gasteiger partial charge in [-0.1, -0.05) is 18.2 Å². The normalized spacial score (nSPS) is 17.5. The van der Waals surface area contributed by atoms with E-state index in [1.807, 2.05) is 0 Å². The Labute approximate surface area is 132 Å². The molecule has 1 aliphatic carbocycles. The molecule has 3 rings (SSSR count). The Morgan fingerprint density at radius 2 is 1.70 bits per heavy atom. The average molecular weight is 320 g/mol. The molecule has 1 atom stereocenters. The van der Waals surface area contributed by atoms with Gasteiger partial charge in [-0.3, -0.25) is 0 Å². The van der Waals surface area contributed by atoms with Crippen LogP contribution in [-0.2, 0) is 12.8 Å². The van der Waals surface area contributed by atoms with Crippen LogP contribution in [0.4, 0.5) is 17.6 Å². The molecule has 0 aliphatic heterocycles. The molecule has 0 bridgehead atoms. The zero-order valence-corrected chi connectivity index (χ0v) is 12.7. The lowest BCUT2D eigenvalue weighted by Gasteiger charge is -2.26. The monoisotopic (exact) mass is 320 g/mol. The molecule has 0 saturated carbocycles. The number of allylic oxidation sites excluding steroid dienone is 1. The van der Waals surface area contributed by atoms with Crippen molar-refractivity contribution in [1.82, 2.24) is 0 Å². The molecule has 2 aromatic rings. The Balaban J connectivity index is 1.97. The lowest BCUT2D eigenvalue weighted by molar-refractivity contribution is 0.461. The summed E-state index contributed by atoms with van der Waals surface area (Å²) in [6, 6.07) is 5.18. The molecular weight excluding hydrogens is 304 g/mol. The Bertz CT molecular complexity index is 754. The molecule has 0 heterocycles. The maximum atomic E-state index is 14.3. The van der Waals surface area contributed by atoms with E-state index >= 15 is 0 Å². The van der Waals surface area contributed by atoms with Crippen LogP contribution in [0.25, 0.3) is 6.08 Å². The molecule has 120 valence electrons. The van der Waals surface area contributed by atoms with Crippen LogP contribution in [0.5, 0.6) is 0 Å². The summed E-state index contributed by atoms with van der Waals surface area (Å²) in [7, 11) is 0. The summed E-state index contributed by atoms with van der Waals surface area (Å²) in [5.41, 5.74) is 1.45. The van der Waals surface area contributed by atoms with Gasteiger partial charge in [-0.25, -0.2) is 17.6 Å². The van der Waals surface area contributed by atoms with Crippen LogP contribution in [-0.4, -0.2) is 0 Å². The van der Waals surface area contributed by atoms with Crippen LogP contribution >= 0.6 is 0 Å². The van der Waals surface area contributed by atoms with E-state index in [1.165, 1.54) is 18.2 Å². The summed E-state index contributed by atoms with van der Waals surface area (Å²) in [6.07, 6.45) is 4.32. The van der Waals surface area contributed by atoms with Gasteiger partial charge in [0.05, 0.1) is 0 Å². The van der Waals surface area contributed by atoms with E-state index in [0.717, 1.165) is 6.07 Å². The van der Waals surface area contributed by atoms with E-state index in [-0.39, 0.29) is 17.9 Å². The highest BCUT2D eigenvalue weighted by Crippen LogP contribution is 2.37. The van der Waals surface area contributed by atoms with Gasteiger partial charge >= 0.3 is 0 Å². The molecule has 0 N–H and O–H groups in total. The van der Waals surface area contributed by atoms with E-state index in [1.54, 1.807) is 19.1 Å². The van der Waals surface area contributed by atoms with E-state index in [9.17, 15) is 17.6 Å². The lowest BCUT2D eigenvalue weighted by Crippen LogP contribution is -2.17. The van der Waals surface area contributed by atoms with Gasteiger partial charge in [0.25, 0.3) is 0 Å². The van der Waals surface area contributed by atoms with Gasteiger partial charge in [-0.05, 0) is 67.0 Å². The van der Waals surface area contributed by atoms with Gasteiger partial charge in [-0.2, -0.15) is 0 Å². The fraction of sp³-hybridized carbons (Fsp3) is 0.263. The van der Waals surface area contributed by atoms with Crippen molar-refractivity contribution in [3.8, 4) is 0 Å². The van der Waals surface area contributed by atoms with Crippen molar-refractivity contribution >= 4 is 6.08 Å². The molecule has 0 saturated heterocycles. The van der Waals surface area contributed by atoms with E-state index in [4.69, 9.17) is 0 Å². The molecule has 0 radical (unpaired) electrons. The minimum Gasteiger partial charge on any atom is -0.207 e. The standard InChI is InChI=1S/C19H16F4/c1-2-3-11-8-16(21)18(17(22)9-11)13-4-6-14-12(10-13)5-7-15(20)19(14)23/h2-3,5,7-9,13H,4,6,10H2,1H3/b3-2+. The molecule has 1 aliphatic rings. The number of fused-ring (bicyclic) bond motifs is 1. The maximum Gasteiger partial charge on any atom is 0.162 e. The highest BCUT2D eigenvalue weighted by Gasteiger charge is 2.28. The molecule has 4 heteroatoms. The van der Waals surface area contributed by atoms with E-state index < -0.39 is 23.3 Å². The Kier molecular flexibility index (Phi) is 4.24. The van der Waals surface area contributed by atoms with Crippen molar-refractivity contribution < 1.29 is 17.6 Å². The van der Waals surface area contributed by atoms with Crippen LogP contribution in [0.3, 0.4) is 0 Å². The van der Waals surface area contributed by atoms with Crippen LogP contribution in [0.1, 0.15) is 41.5 Å². The number of rotatable bonds is 2. The first-order chi connectivity index (χ1) is 11.0. The molecular formula is C19H16F4. The third kappa shape index (κ3) is 2.90. The van der Waals surface area contributed by atoms with E-state index in [0.29, 0.717) is 29.5 Å². The third-order valence-electron chi connectivity index (χ3n) is 4.37. The van der Waals surface area contributed by atoms with Crippen molar-refractivity contribution in [2.75, 3.05) is 0 Å². The first kappa shape index (κ1) is 15.8. The number of hydrogen-bond acceptors (Lipinski definition) is 0. The first-order valence-electron chi connectivity index (χ1n) is 7.58. The topological polar surface area (TPSA) is 0 Å². The van der Waals surface area contributed by atoms with Gasteiger partial charge in [0.1, 0.15) is 11.6 Å². The molecule has 0 fully saturated rings. The van der Waals surface area contributed by atoms with Crippen LogP contribution in [0.2, 0.25) is 0 Å². The summed E-state index contributed by atoms with van der Waals surface area (Å²) in [5, 5.41) is 0. The van der Waals surface area contributed by atoms with Gasteiger partial charge in [0.15, 0.2) is 11.6 Å². The predicted octanol–water partition coefficient (Wildman–Crippen LogP) is 5.55. The van der Waals surface area contributed by atoms with Crippen LogP contribution < -0.4 is 0 Å². The molecule has 23 heavy (non-hydrogen) atoms. The summed E-state index contributed by atoms with van der Waals surface area (Å²) in [5.74, 6) is -3.27. The average Bonchev–Trinajstić information content (AvgIpc) is 2.51. The minimum absolute atomic E-state index is 0.0358. The number of hydrogen-bond donors (Lipinski definition) is 0. The highest BCUT2D eigenvalue weighted by molar-refractivity contribution is 5.51. The van der Waals surface area contributed by atoms with Crippen molar-refractivity contribution in [3.05, 3.63) is 75.9 Å². The van der Waals surface area contributed by atoms with Crippen LogP contribution in [0, 0.1) is 23.3 Å². The second-order valence-electron chi connectivity index (χ2n) is 5.84. The quantitative estimate of drug-likeness (QED) is 0.637. The summed E-state index contributed by atoms with van der Waals surface area (Å²) >= 11 is 0. The van der Waals surface area contributed by atoms with Crippen LogP contribution in [0.15, 0.2) is 30.3 Å². The summed E-state index contributed by atoms with van der Waals surface area (Å²) in [4.78, 5) is 0. The van der Waals surface area contributed by atoms with Gasteiger partial charge < -0.3 is 0 Å². The first-order valence-corrected chi connectivity index (χ1v) is 7.58. The molecule has 0 aromatic heterocycles. The predicted molar refractivity (Wildman–Crippen MR) is 82.2 cm³/mol. The highest BCUT2D eigenvalue weighted by atomic mass is 19.2. The maximum absolute atomic E-state index is 14.3. The molecule has 1 unspecified atom stereocenters. The van der Waals surface area contributed by atoms with E-state index in [2.05, 4.69) is 0 Å². The second-order valence-corrected chi connectivity index (χ2v) is 5.84. The van der Waals surface area contributed by atoms with Gasteiger partial charge in [-0.15, -0.1) is 0 Å². The van der Waals surface area contributed by atoms with Crippen molar-refractivity contribution in [2.24, 2.45) is 0 Å². The zero-order chi connectivity index (χ0) is 16.6. The zero-order valence-electron chi connectivity index (χ0n) is 12.7. The number of benzene rings is 2. The number of halogens is 4. The molecule has 2 aromatic carbocycles. The fourth-order valence-electron chi connectivity index (χ4n) is 3.31.